The number of methoxy groups -OCH3 is 1. The Balaban J connectivity index is 1.47. The summed E-state index contributed by atoms with van der Waals surface area (Å²) in [6.07, 6.45) is 2.01. The fourth-order valence-corrected chi connectivity index (χ4v) is 3.70. The normalized spacial score (nSPS) is 11.0. The van der Waals surface area contributed by atoms with Gasteiger partial charge in [-0.25, -0.2) is 4.98 Å². The quantitative estimate of drug-likeness (QED) is 0.331. The fraction of sp³-hybridized carbons (Fsp3) is 0.269. The first-order valence-corrected chi connectivity index (χ1v) is 10.5. The van der Waals surface area contributed by atoms with E-state index >= 15 is 0 Å². The van der Waals surface area contributed by atoms with E-state index in [-0.39, 0.29) is 0 Å². The Morgan fingerprint density at radius 1 is 0.867 bits per heavy atom. The molecular formula is C26H28N2O2. The van der Waals surface area contributed by atoms with Gasteiger partial charge in [0.1, 0.15) is 17.3 Å². The number of hydrogen-bond donors (Lipinski definition) is 0. The molecule has 0 radical (unpaired) electrons. The van der Waals surface area contributed by atoms with Crippen molar-refractivity contribution < 1.29 is 9.47 Å². The van der Waals surface area contributed by atoms with Crippen LogP contribution in [0, 0.1) is 13.8 Å². The number of rotatable bonds is 8. The van der Waals surface area contributed by atoms with Crippen molar-refractivity contribution in [1.82, 2.24) is 9.55 Å². The highest BCUT2D eigenvalue weighted by Crippen LogP contribution is 2.27. The summed E-state index contributed by atoms with van der Waals surface area (Å²) < 4.78 is 13.6. The molecule has 0 aliphatic heterocycles. The van der Waals surface area contributed by atoms with Gasteiger partial charge < -0.3 is 14.0 Å². The van der Waals surface area contributed by atoms with Crippen LogP contribution in [0.15, 0.2) is 66.7 Å². The van der Waals surface area contributed by atoms with Crippen LogP contribution < -0.4 is 9.47 Å². The SMILES string of the molecule is COc1ccc(-c2nc3ccccc3n2CCCCOc2cccc(C)c2C)cc1. The minimum absolute atomic E-state index is 0.717. The van der Waals surface area contributed by atoms with Gasteiger partial charge in [0.15, 0.2) is 0 Å². The van der Waals surface area contributed by atoms with Gasteiger partial charge in [0.25, 0.3) is 0 Å². The number of ether oxygens (including phenoxy) is 2. The van der Waals surface area contributed by atoms with E-state index in [9.17, 15) is 0 Å². The maximum absolute atomic E-state index is 6.03. The number of para-hydroxylation sites is 2. The Morgan fingerprint density at radius 2 is 1.67 bits per heavy atom. The molecule has 0 spiro atoms. The standard InChI is InChI=1S/C26H28N2O2/c1-19-9-8-12-25(20(19)2)30-18-7-6-17-28-24-11-5-4-10-23(24)27-26(28)21-13-15-22(29-3)16-14-21/h4-5,8-16H,6-7,17-18H2,1-3H3. The molecular weight excluding hydrogens is 372 g/mol. The van der Waals surface area contributed by atoms with Crippen LogP contribution in [0.25, 0.3) is 22.4 Å². The summed E-state index contributed by atoms with van der Waals surface area (Å²) in [4.78, 5) is 4.90. The summed E-state index contributed by atoms with van der Waals surface area (Å²) in [5, 5.41) is 0. The van der Waals surface area contributed by atoms with Crippen LogP contribution in [0.1, 0.15) is 24.0 Å². The zero-order chi connectivity index (χ0) is 20.9. The molecule has 0 saturated heterocycles. The van der Waals surface area contributed by atoms with Gasteiger partial charge in [-0.05, 0) is 80.3 Å². The molecule has 3 aromatic carbocycles. The monoisotopic (exact) mass is 400 g/mol. The third kappa shape index (κ3) is 4.18. The molecule has 0 N–H and O–H groups in total. The molecule has 0 aliphatic carbocycles. The molecule has 0 unspecified atom stereocenters. The molecule has 1 heterocycles. The summed E-state index contributed by atoms with van der Waals surface area (Å²) in [7, 11) is 1.69. The molecule has 0 saturated carbocycles. The van der Waals surface area contributed by atoms with Crippen molar-refractivity contribution >= 4 is 11.0 Å². The van der Waals surface area contributed by atoms with Gasteiger partial charge in [0, 0.05) is 12.1 Å². The highest BCUT2D eigenvalue weighted by molar-refractivity contribution is 5.80. The number of fused-ring (bicyclic) bond motifs is 1. The smallest absolute Gasteiger partial charge is 0.141 e. The molecule has 4 nitrogen and oxygen atoms in total. The number of hydrogen-bond acceptors (Lipinski definition) is 3. The van der Waals surface area contributed by atoms with E-state index in [0.29, 0.717) is 0 Å². The molecule has 30 heavy (non-hydrogen) atoms. The Bertz CT molecular complexity index is 1130. The van der Waals surface area contributed by atoms with Crippen LogP contribution >= 0.6 is 0 Å². The topological polar surface area (TPSA) is 36.3 Å². The van der Waals surface area contributed by atoms with Crippen LogP contribution in [0.5, 0.6) is 11.5 Å². The van der Waals surface area contributed by atoms with Gasteiger partial charge in [0.2, 0.25) is 0 Å². The lowest BCUT2D eigenvalue weighted by Gasteiger charge is -2.12. The van der Waals surface area contributed by atoms with E-state index in [0.717, 1.165) is 54.4 Å². The van der Waals surface area contributed by atoms with Gasteiger partial charge >= 0.3 is 0 Å². The van der Waals surface area contributed by atoms with Crippen LogP contribution in [-0.4, -0.2) is 23.3 Å². The third-order valence-corrected chi connectivity index (χ3v) is 5.59. The molecule has 0 aliphatic rings. The molecule has 0 bridgehead atoms. The van der Waals surface area contributed by atoms with E-state index in [4.69, 9.17) is 14.5 Å². The van der Waals surface area contributed by atoms with Crippen LogP contribution in [0.3, 0.4) is 0 Å². The minimum atomic E-state index is 0.717. The van der Waals surface area contributed by atoms with Gasteiger partial charge in [-0.3, -0.25) is 0 Å². The maximum atomic E-state index is 6.03. The number of benzene rings is 3. The number of aromatic nitrogens is 2. The van der Waals surface area contributed by atoms with E-state index in [2.05, 4.69) is 60.9 Å². The highest BCUT2D eigenvalue weighted by atomic mass is 16.5. The molecule has 0 amide bonds. The lowest BCUT2D eigenvalue weighted by molar-refractivity contribution is 0.301. The minimum Gasteiger partial charge on any atom is -0.497 e. The predicted molar refractivity (Wildman–Crippen MR) is 122 cm³/mol. The molecule has 4 aromatic rings. The van der Waals surface area contributed by atoms with Crippen molar-refractivity contribution in [3.63, 3.8) is 0 Å². The maximum Gasteiger partial charge on any atom is 0.141 e. The zero-order valence-corrected chi connectivity index (χ0v) is 17.9. The van der Waals surface area contributed by atoms with E-state index in [1.165, 1.54) is 16.6 Å². The number of unbranched alkanes of at least 4 members (excludes halogenated alkanes) is 1. The van der Waals surface area contributed by atoms with Gasteiger partial charge in [-0.2, -0.15) is 0 Å². The first-order chi connectivity index (χ1) is 14.7. The van der Waals surface area contributed by atoms with Gasteiger partial charge in [0.05, 0.1) is 24.8 Å². The molecule has 0 atom stereocenters. The summed E-state index contributed by atoms with van der Waals surface area (Å²) in [6, 6.07) is 22.6. The summed E-state index contributed by atoms with van der Waals surface area (Å²) >= 11 is 0. The van der Waals surface area contributed by atoms with E-state index in [1.807, 2.05) is 24.3 Å². The summed E-state index contributed by atoms with van der Waals surface area (Å²) in [5.74, 6) is 2.83. The predicted octanol–water partition coefficient (Wildman–Crippen LogP) is 6.19. The van der Waals surface area contributed by atoms with Crippen molar-refractivity contribution in [2.24, 2.45) is 0 Å². The van der Waals surface area contributed by atoms with E-state index in [1.54, 1.807) is 7.11 Å². The molecule has 154 valence electrons. The first-order valence-electron chi connectivity index (χ1n) is 10.5. The van der Waals surface area contributed by atoms with Crippen LogP contribution in [0.4, 0.5) is 0 Å². The first kappa shape index (κ1) is 20.0. The largest absolute Gasteiger partial charge is 0.497 e. The van der Waals surface area contributed by atoms with E-state index < -0.39 is 0 Å². The summed E-state index contributed by atoms with van der Waals surface area (Å²) in [6.45, 7) is 5.85. The second-order valence-corrected chi connectivity index (χ2v) is 7.56. The Labute approximate surface area is 178 Å². The van der Waals surface area contributed by atoms with Crippen molar-refractivity contribution in [3.05, 3.63) is 77.9 Å². The molecule has 4 heteroatoms. The van der Waals surface area contributed by atoms with Crippen molar-refractivity contribution in [2.45, 2.75) is 33.2 Å². The number of nitrogens with zero attached hydrogens (tertiary/aromatic N) is 2. The molecule has 4 rings (SSSR count). The van der Waals surface area contributed by atoms with Crippen LogP contribution in [-0.2, 0) is 6.54 Å². The highest BCUT2D eigenvalue weighted by Gasteiger charge is 2.12. The number of imidazole rings is 1. The van der Waals surface area contributed by atoms with Crippen LogP contribution in [0.2, 0.25) is 0 Å². The second-order valence-electron chi connectivity index (χ2n) is 7.56. The second kappa shape index (κ2) is 9.04. The van der Waals surface area contributed by atoms with Crippen molar-refractivity contribution in [1.29, 1.82) is 0 Å². The lowest BCUT2D eigenvalue weighted by Crippen LogP contribution is -2.04. The molecule has 1 aromatic heterocycles. The van der Waals surface area contributed by atoms with Gasteiger partial charge in [-0.1, -0.05) is 24.3 Å². The summed E-state index contributed by atoms with van der Waals surface area (Å²) in [5.41, 5.74) is 5.77. The molecule has 0 fully saturated rings. The lowest BCUT2D eigenvalue weighted by atomic mass is 10.1. The van der Waals surface area contributed by atoms with Crippen molar-refractivity contribution in [3.8, 4) is 22.9 Å². The average Bonchev–Trinajstić information content (AvgIpc) is 3.15. The fourth-order valence-electron chi connectivity index (χ4n) is 3.70. The van der Waals surface area contributed by atoms with Crippen molar-refractivity contribution in [2.75, 3.05) is 13.7 Å². The van der Waals surface area contributed by atoms with Gasteiger partial charge in [-0.15, -0.1) is 0 Å². The number of aryl methyl sites for hydroxylation is 2. The average molecular weight is 401 g/mol. The third-order valence-electron chi connectivity index (χ3n) is 5.59. The Morgan fingerprint density at radius 3 is 2.47 bits per heavy atom. The Hall–Kier alpha value is -3.27. The zero-order valence-electron chi connectivity index (χ0n) is 17.9. The Kier molecular flexibility index (Phi) is 6.03.